The third-order valence-corrected chi connectivity index (χ3v) is 2.23. The van der Waals surface area contributed by atoms with Crippen molar-refractivity contribution in [3.63, 3.8) is 0 Å². The largest absolute Gasteiger partial charge is 0.496 e. The van der Waals surface area contributed by atoms with Crippen molar-refractivity contribution in [2.75, 3.05) is 13.7 Å². The van der Waals surface area contributed by atoms with E-state index in [2.05, 4.69) is 5.32 Å². The van der Waals surface area contributed by atoms with Crippen LogP contribution in [0.2, 0.25) is 0 Å². The van der Waals surface area contributed by atoms with E-state index in [1.54, 1.807) is 26.2 Å². The van der Waals surface area contributed by atoms with Crippen LogP contribution in [0.25, 0.3) is 0 Å². The summed E-state index contributed by atoms with van der Waals surface area (Å²) in [4.78, 5) is 11.7. The van der Waals surface area contributed by atoms with Crippen molar-refractivity contribution < 1.29 is 14.6 Å². The summed E-state index contributed by atoms with van der Waals surface area (Å²) >= 11 is 0. The fourth-order valence-corrected chi connectivity index (χ4v) is 1.30. The van der Waals surface area contributed by atoms with Gasteiger partial charge in [0.2, 0.25) is 0 Å². The van der Waals surface area contributed by atoms with Crippen molar-refractivity contribution in [2.24, 2.45) is 0 Å². The number of benzene rings is 1. The van der Waals surface area contributed by atoms with Crippen molar-refractivity contribution in [3.05, 3.63) is 29.3 Å². The number of aliphatic hydroxyl groups is 1. The molecule has 0 aromatic heterocycles. The number of hydrogen-bond acceptors (Lipinski definition) is 3. The van der Waals surface area contributed by atoms with Crippen molar-refractivity contribution in [2.45, 2.75) is 20.0 Å². The number of rotatable bonds is 4. The molecule has 2 N–H and O–H groups in total. The Bertz CT molecular complexity index is 375. The second-order valence-corrected chi connectivity index (χ2v) is 3.74. The van der Waals surface area contributed by atoms with Crippen LogP contribution < -0.4 is 10.1 Å². The lowest BCUT2D eigenvalue weighted by molar-refractivity contribution is 0.0923. The first-order chi connectivity index (χ1) is 7.54. The summed E-state index contributed by atoms with van der Waals surface area (Å²) in [6.07, 6.45) is -0.545. The van der Waals surface area contributed by atoms with Gasteiger partial charge < -0.3 is 15.2 Å². The van der Waals surface area contributed by atoms with Crippen LogP contribution in [0.4, 0.5) is 0 Å². The number of methoxy groups -OCH3 is 1. The highest BCUT2D eigenvalue weighted by molar-refractivity contribution is 5.94. The lowest BCUT2D eigenvalue weighted by Crippen LogP contribution is -2.30. The van der Waals surface area contributed by atoms with E-state index in [-0.39, 0.29) is 12.5 Å². The molecule has 1 rings (SSSR count). The molecule has 88 valence electrons. The van der Waals surface area contributed by atoms with Gasteiger partial charge in [0.15, 0.2) is 0 Å². The SMILES string of the molecule is COc1cc(C(=O)NC[C@H](C)O)ccc1C. The molecule has 4 heteroatoms. The van der Waals surface area contributed by atoms with Crippen molar-refractivity contribution in [1.82, 2.24) is 5.32 Å². The fourth-order valence-electron chi connectivity index (χ4n) is 1.30. The van der Waals surface area contributed by atoms with Crippen LogP contribution in [-0.2, 0) is 0 Å². The van der Waals surface area contributed by atoms with Gasteiger partial charge in [-0.2, -0.15) is 0 Å². The van der Waals surface area contributed by atoms with Crippen LogP contribution in [0.3, 0.4) is 0 Å². The molecule has 16 heavy (non-hydrogen) atoms. The molecule has 0 aliphatic heterocycles. The molecule has 0 heterocycles. The summed E-state index contributed by atoms with van der Waals surface area (Å²) < 4.78 is 5.13. The van der Waals surface area contributed by atoms with Crippen LogP contribution in [0.1, 0.15) is 22.8 Å². The number of aliphatic hydroxyl groups excluding tert-OH is 1. The van der Waals surface area contributed by atoms with E-state index < -0.39 is 6.10 Å². The quantitative estimate of drug-likeness (QED) is 0.804. The van der Waals surface area contributed by atoms with Gasteiger partial charge in [0.1, 0.15) is 5.75 Å². The summed E-state index contributed by atoms with van der Waals surface area (Å²) in [6.45, 7) is 3.78. The van der Waals surface area contributed by atoms with E-state index in [9.17, 15) is 4.79 Å². The molecule has 1 amide bonds. The molecular weight excluding hydrogens is 206 g/mol. The van der Waals surface area contributed by atoms with Crippen LogP contribution in [0, 0.1) is 6.92 Å². The van der Waals surface area contributed by atoms with Gasteiger partial charge in [0, 0.05) is 12.1 Å². The topological polar surface area (TPSA) is 58.6 Å². The molecule has 0 saturated heterocycles. The summed E-state index contributed by atoms with van der Waals surface area (Å²) in [5.41, 5.74) is 1.51. The number of carbonyl (C=O) groups excluding carboxylic acids is 1. The van der Waals surface area contributed by atoms with Gasteiger partial charge in [-0.3, -0.25) is 4.79 Å². The molecule has 1 aromatic rings. The third-order valence-electron chi connectivity index (χ3n) is 2.23. The normalized spacial score (nSPS) is 12.0. The average Bonchev–Trinajstić information content (AvgIpc) is 2.26. The number of carbonyl (C=O) groups is 1. The Morgan fingerprint density at radius 1 is 1.56 bits per heavy atom. The molecule has 0 bridgehead atoms. The van der Waals surface area contributed by atoms with E-state index in [1.807, 2.05) is 13.0 Å². The highest BCUT2D eigenvalue weighted by atomic mass is 16.5. The number of ether oxygens (including phenoxy) is 1. The fraction of sp³-hybridized carbons (Fsp3) is 0.417. The maximum atomic E-state index is 11.7. The molecule has 0 aliphatic rings. The summed E-state index contributed by atoms with van der Waals surface area (Å²) in [6, 6.07) is 5.25. The number of aryl methyl sites for hydroxylation is 1. The van der Waals surface area contributed by atoms with Gasteiger partial charge in [0.05, 0.1) is 13.2 Å². The van der Waals surface area contributed by atoms with Crippen LogP contribution in [0.5, 0.6) is 5.75 Å². The Hall–Kier alpha value is -1.55. The van der Waals surface area contributed by atoms with Crippen LogP contribution in [-0.4, -0.2) is 30.8 Å². The standard InChI is InChI=1S/C12H17NO3/c1-8-4-5-10(6-11(8)16-3)12(15)13-7-9(2)14/h4-6,9,14H,7H2,1-3H3,(H,13,15)/t9-/m0/s1. The molecule has 4 nitrogen and oxygen atoms in total. The lowest BCUT2D eigenvalue weighted by atomic mass is 10.1. The summed E-state index contributed by atoms with van der Waals surface area (Å²) in [7, 11) is 1.57. The van der Waals surface area contributed by atoms with Crippen molar-refractivity contribution in [3.8, 4) is 5.75 Å². The van der Waals surface area contributed by atoms with E-state index in [0.717, 1.165) is 5.56 Å². The lowest BCUT2D eigenvalue weighted by Gasteiger charge is -2.09. The van der Waals surface area contributed by atoms with Gasteiger partial charge in [-0.15, -0.1) is 0 Å². The van der Waals surface area contributed by atoms with Gasteiger partial charge >= 0.3 is 0 Å². The molecule has 0 aliphatic carbocycles. The molecule has 0 spiro atoms. The van der Waals surface area contributed by atoms with E-state index in [0.29, 0.717) is 11.3 Å². The zero-order chi connectivity index (χ0) is 12.1. The van der Waals surface area contributed by atoms with E-state index in [1.165, 1.54) is 0 Å². The average molecular weight is 223 g/mol. The highest BCUT2D eigenvalue weighted by Crippen LogP contribution is 2.18. The minimum absolute atomic E-state index is 0.209. The summed E-state index contributed by atoms with van der Waals surface area (Å²) in [5, 5.41) is 11.7. The Morgan fingerprint density at radius 3 is 2.81 bits per heavy atom. The summed E-state index contributed by atoms with van der Waals surface area (Å²) in [5.74, 6) is 0.476. The van der Waals surface area contributed by atoms with Gasteiger partial charge in [-0.05, 0) is 31.5 Å². The Labute approximate surface area is 95.2 Å². The maximum Gasteiger partial charge on any atom is 0.251 e. The zero-order valence-electron chi connectivity index (χ0n) is 9.78. The predicted molar refractivity (Wildman–Crippen MR) is 61.7 cm³/mol. The van der Waals surface area contributed by atoms with E-state index >= 15 is 0 Å². The van der Waals surface area contributed by atoms with Crippen molar-refractivity contribution >= 4 is 5.91 Å². The third kappa shape index (κ3) is 3.24. The zero-order valence-corrected chi connectivity index (χ0v) is 9.78. The minimum Gasteiger partial charge on any atom is -0.496 e. The van der Waals surface area contributed by atoms with Crippen molar-refractivity contribution in [1.29, 1.82) is 0 Å². The molecule has 0 radical (unpaired) electrons. The Balaban J connectivity index is 2.76. The Morgan fingerprint density at radius 2 is 2.25 bits per heavy atom. The highest BCUT2D eigenvalue weighted by Gasteiger charge is 2.08. The second-order valence-electron chi connectivity index (χ2n) is 3.74. The first kappa shape index (κ1) is 12.5. The minimum atomic E-state index is -0.545. The van der Waals surface area contributed by atoms with Crippen LogP contribution in [0.15, 0.2) is 18.2 Å². The molecule has 0 unspecified atom stereocenters. The second kappa shape index (κ2) is 5.51. The first-order valence-corrected chi connectivity index (χ1v) is 5.15. The smallest absolute Gasteiger partial charge is 0.251 e. The van der Waals surface area contributed by atoms with Gasteiger partial charge in [-0.25, -0.2) is 0 Å². The Kier molecular flexibility index (Phi) is 4.31. The monoisotopic (exact) mass is 223 g/mol. The molecule has 1 atom stereocenters. The molecule has 1 aromatic carbocycles. The number of nitrogens with one attached hydrogen (secondary N) is 1. The first-order valence-electron chi connectivity index (χ1n) is 5.15. The van der Waals surface area contributed by atoms with Gasteiger partial charge in [-0.1, -0.05) is 6.07 Å². The number of hydrogen-bond donors (Lipinski definition) is 2. The number of amides is 1. The van der Waals surface area contributed by atoms with Gasteiger partial charge in [0.25, 0.3) is 5.91 Å². The van der Waals surface area contributed by atoms with E-state index in [4.69, 9.17) is 9.84 Å². The molecular formula is C12H17NO3. The molecule has 0 saturated carbocycles. The maximum absolute atomic E-state index is 11.7. The van der Waals surface area contributed by atoms with Crippen LogP contribution >= 0.6 is 0 Å². The predicted octanol–water partition coefficient (Wildman–Crippen LogP) is 1.11. The molecule has 0 fully saturated rings.